The minimum absolute atomic E-state index is 0.0410. The van der Waals surface area contributed by atoms with Crippen molar-refractivity contribution in [2.75, 3.05) is 11.4 Å². The molecule has 0 aliphatic carbocycles. The third-order valence-corrected chi connectivity index (χ3v) is 7.26. The first-order chi connectivity index (χ1) is 13.9. The van der Waals surface area contributed by atoms with Gasteiger partial charge in [0.05, 0.1) is 5.69 Å². The van der Waals surface area contributed by atoms with Crippen LogP contribution in [0.25, 0.3) is 22.2 Å². The number of nitrogens with zero attached hydrogens (tertiary/aromatic N) is 3. The van der Waals surface area contributed by atoms with Gasteiger partial charge in [-0.15, -0.1) is 11.3 Å². The van der Waals surface area contributed by atoms with Crippen molar-refractivity contribution in [2.24, 2.45) is 0 Å². The molecule has 29 heavy (non-hydrogen) atoms. The Hall–Kier alpha value is -2.75. The SMILES string of the molecule is CN(c1cccc(Cl)c1)S(=O)(=O)c1ccsc1-c1nc(-c2ccc(F)cc2)no1. The van der Waals surface area contributed by atoms with Crippen LogP contribution in [-0.4, -0.2) is 25.6 Å². The van der Waals surface area contributed by atoms with E-state index >= 15 is 0 Å². The van der Waals surface area contributed by atoms with Crippen LogP contribution in [-0.2, 0) is 10.0 Å². The van der Waals surface area contributed by atoms with Crippen LogP contribution in [0, 0.1) is 5.82 Å². The lowest BCUT2D eigenvalue weighted by Gasteiger charge is -2.19. The molecular weight excluding hydrogens is 437 g/mol. The third-order valence-electron chi connectivity index (χ3n) is 4.16. The molecule has 148 valence electrons. The molecule has 0 amide bonds. The lowest BCUT2D eigenvalue weighted by Crippen LogP contribution is -2.26. The van der Waals surface area contributed by atoms with E-state index in [1.54, 1.807) is 29.6 Å². The molecule has 2 aromatic heterocycles. The Morgan fingerprint density at radius 3 is 2.62 bits per heavy atom. The number of benzene rings is 2. The summed E-state index contributed by atoms with van der Waals surface area (Å²) in [5, 5.41) is 5.94. The summed E-state index contributed by atoms with van der Waals surface area (Å²) in [7, 11) is -2.45. The number of hydrogen-bond donors (Lipinski definition) is 0. The number of halogens is 2. The Morgan fingerprint density at radius 1 is 1.14 bits per heavy atom. The van der Waals surface area contributed by atoms with Crippen molar-refractivity contribution >= 4 is 38.6 Å². The predicted molar refractivity (Wildman–Crippen MR) is 110 cm³/mol. The van der Waals surface area contributed by atoms with Gasteiger partial charge in [-0.2, -0.15) is 4.98 Å². The minimum Gasteiger partial charge on any atom is -0.333 e. The molecule has 0 saturated carbocycles. The van der Waals surface area contributed by atoms with E-state index in [0.717, 1.165) is 4.31 Å². The molecule has 6 nitrogen and oxygen atoms in total. The van der Waals surface area contributed by atoms with E-state index in [9.17, 15) is 12.8 Å². The molecule has 0 radical (unpaired) electrons. The fourth-order valence-corrected chi connectivity index (χ4v) is 5.33. The van der Waals surface area contributed by atoms with Gasteiger partial charge < -0.3 is 4.52 Å². The van der Waals surface area contributed by atoms with Crippen molar-refractivity contribution < 1.29 is 17.3 Å². The van der Waals surface area contributed by atoms with E-state index in [2.05, 4.69) is 10.1 Å². The fourth-order valence-electron chi connectivity index (χ4n) is 2.65. The first-order valence-corrected chi connectivity index (χ1v) is 11.0. The smallest absolute Gasteiger partial charge is 0.269 e. The summed E-state index contributed by atoms with van der Waals surface area (Å²) >= 11 is 7.15. The first-order valence-electron chi connectivity index (χ1n) is 8.28. The largest absolute Gasteiger partial charge is 0.333 e. The summed E-state index contributed by atoms with van der Waals surface area (Å²) in [6, 6.07) is 13.6. The average molecular weight is 450 g/mol. The van der Waals surface area contributed by atoms with Gasteiger partial charge in [0.1, 0.15) is 15.6 Å². The summed E-state index contributed by atoms with van der Waals surface area (Å²) in [6.45, 7) is 0. The van der Waals surface area contributed by atoms with Crippen molar-refractivity contribution in [3.63, 3.8) is 0 Å². The highest BCUT2D eigenvalue weighted by atomic mass is 35.5. The molecular formula is C19H13ClFN3O3S2. The Labute approximate surface area is 175 Å². The molecule has 0 atom stereocenters. The molecule has 0 aliphatic rings. The van der Waals surface area contributed by atoms with E-state index in [4.69, 9.17) is 16.1 Å². The lowest BCUT2D eigenvalue weighted by molar-refractivity contribution is 0.432. The molecule has 0 N–H and O–H groups in total. The minimum atomic E-state index is -3.90. The van der Waals surface area contributed by atoms with Crippen molar-refractivity contribution in [3.8, 4) is 22.2 Å². The second-order valence-electron chi connectivity index (χ2n) is 6.00. The zero-order chi connectivity index (χ0) is 20.6. The van der Waals surface area contributed by atoms with Crippen molar-refractivity contribution in [2.45, 2.75) is 4.90 Å². The number of hydrogen-bond acceptors (Lipinski definition) is 6. The van der Waals surface area contributed by atoms with E-state index in [1.165, 1.54) is 48.7 Å². The number of rotatable bonds is 5. The fraction of sp³-hybridized carbons (Fsp3) is 0.0526. The summed E-state index contributed by atoms with van der Waals surface area (Å²) in [5.74, 6) is -0.0782. The number of sulfonamides is 1. The van der Waals surface area contributed by atoms with E-state index in [1.807, 2.05) is 0 Å². The van der Waals surface area contributed by atoms with Crippen LogP contribution in [0.4, 0.5) is 10.1 Å². The number of thiophene rings is 1. The van der Waals surface area contributed by atoms with Crippen LogP contribution in [0.1, 0.15) is 0 Å². The molecule has 0 bridgehead atoms. The van der Waals surface area contributed by atoms with Gasteiger partial charge in [0, 0.05) is 17.6 Å². The lowest BCUT2D eigenvalue weighted by atomic mass is 10.2. The van der Waals surface area contributed by atoms with Gasteiger partial charge >= 0.3 is 0 Å². The standard InChI is InChI=1S/C19H13ClFN3O3S2/c1-24(15-4-2-3-13(20)11-15)29(25,26)16-9-10-28-17(16)19-22-18(23-27-19)12-5-7-14(21)8-6-12/h2-11H,1H3. The Balaban J connectivity index is 1.71. The van der Waals surface area contributed by atoms with Crippen LogP contribution >= 0.6 is 22.9 Å². The molecule has 0 aliphatic heterocycles. The molecule has 0 fully saturated rings. The molecule has 4 aromatic rings. The molecule has 4 rings (SSSR count). The predicted octanol–water partition coefficient (Wildman–Crippen LogP) is 5.08. The maximum Gasteiger partial charge on any atom is 0.269 e. The van der Waals surface area contributed by atoms with Crippen molar-refractivity contribution in [3.05, 3.63) is 70.8 Å². The second kappa shape index (κ2) is 7.58. The highest BCUT2D eigenvalue weighted by Gasteiger charge is 2.28. The third kappa shape index (κ3) is 3.76. The molecule has 2 heterocycles. The highest BCUT2D eigenvalue weighted by molar-refractivity contribution is 7.93. The maximum atomic E-state index is 13.2. The maximum absolute atomic E-state index is 13.2. The molecule has 0 unspecified atom stereocenters. The van der Waals surface area contributed by atoms with Gasteiger partial charge in [-0.3, -0.25) is 4.31 Å². The zero-order valence-corrected chi connectivity index (χ0v) is 17.3. The van der Waals surface area contributed by atoms with Crippen LogP contribution in [0.15, 0.2) is 69.4 Å². The zero-order valence-electron chi connectivity index (χ0n) is 14.9. The summed E-state index contributed by atoms with van der Waals surface area (Å²) in [4.78, 5) is 4.64. The number of anilines is 1. The second-order valence-corrected chi connectivity index (χ2v) is 9.29. The summed E-state index contributed by atoms with van der Waals surface area (Å²) in [5.41, 5.74) is 0.977. The van der Waals surface area contributed by atoms with Crippen LogP contribution < -0.4 is 4.31 Å². The molecule has 0 saturated heterocycles. The summed E-state index contributed by atoms with van der Waals surface area (Å²) < 4.78 is 45.9. The van der Waals surface area contributed by atoms with Gasteiger partial charge in [-0.25, -0.2) is 12.8 Å². The van der Waals surface area contributed by atoms with Crippen LogP contribution in [0.5, 0.6) is 0 Å². The van der Waals surface area contributed by atoms with Crippen molar-refractivity contribution in [1.82, 2.24) is 10.1 Å². The first kappa shape index (κ1) is 19.6. The quantitative estimate of drug-likeness (QED) is 0.424. The van der Waals surface area contributed by atoms with Gasteiger partial charge in [0.2, 0.25) is 5.82 Å². The highest BCUT2D eigenvalue weighted by Crippen LogP contribution is 2.35. The normalized spacial score (nSPS) is 11.6. The van der Waals surface area contributed by atoms with Gasteiger partial charge in [-0.05, 0) is 53.9 Å². The summed E-state index contributed by atoms with van der Waals surface area (Å²) in [6.07, 6.45) is 0. The van der Waals surface area contributed by atoms with Gasteiger partial charge in [0.15, 0.2) is 0 Å². The Kier molecular flexibility index (Phi) is 5.12. The number of aromatic nitrogens is 2. The van der Waals surface area contributed by atoms with E-state index in [0.29, 0.717) is 21.2 Å². The molecule has 0 spiro atoms. The van der Waals surface area contributed by atoms with Crippen LogP contribution in [0.3, 0.4) is 0 Å². The monoisotopic (exact) mass is 449 g/mol. The molecule has 2 aromatic carbocycles. The van der Waals surface area contributed by atoms with Gasteiger partial charge in [0.25, 0.3) is 15.9 Å². The van der Waals surface area contributed by atoms with Gasteiger partial charge in [-0.1, -0.05) is 22.8 Å². The average Bonchev–Trinajstić information content (AvgIpc) is 3.37. The van der Waals surface area contributed by atoms with E-state index in [-0.39, 0.29) is 22.4 Å². The Bertz CT molecular complexity index is 1270. The molecule has 10 heteroatoms. The van der Waals surface area contributed by atoms with E-state index < -0.39 is 10.0 Å². The topological polar surface area (TPSA) is 76.3 Å². The Morgan fingerprint density at radius 2 is 1.90 bits per heavy atom. The van der Waals surface area contributed by atoms with Crippen molar-refractivity contribution in [1.29, 1.82) is 0 Å². The van der Waals surface area contributed by atoms with Crippen LogP contribution in [0.2, 0.25) is 5.02 Å².